The molecule has 0 bridgehead atoms. The molecule has 2 heterocycles. The summed E-state index contributed by atoms with van der Waals surface area (Å²) in [6.45, 7) is 3.58. The van der Waals surface area contributed by atoms with Crippen molar-refractivity contribution in [3.05, 3.63) is 39.7 Å². The van der Waals surface area contributed by atoms with E-state index in [1.165, 1.54) is 12.3 Å². The van der Waals surface area contributed by atoms with Crippen molar-refractivity contribution in [3.8, 4) is 0 Å². The average Bonchev–Trinajstić information content (AvgIpc) is 2.54. The van der Waals surface area contributed by atoms with Gasteiger partial charge in [0.25, 0.3) is 5.69 Å². The second kappa shape index (κ2) is 3.61. The number of aromatic nitrogens is 2. The van der Waals surface area contributed by atoms with Gasteiger partial charge in [-0.15, -0.1) is 0 Å². The number of aryl methyl sites for hydroxylation is 1. The second-order valence-electron chi connectivity index (χ2n) is 3.28. The summed E-state index contributed by atoms with van der Waals surface area (Å²) in [5.41, 5.74) is 0.979. The molecule has 2 rings (SSSR count). The third kappa shape index (κ3) is 1.37. The Labute approximate surface area is 96.1 Å². The minimum absolute atomic E-state index is 0.0650. The van der Waals surface area contributed by atoms with Crippen molar-refractivity contribution >= 4 is 34.4 Å². The van der Waals surface area contributed by atoms with E-state index < -0.39 is 4.92 Å². The monoisotopic (exact) mass is 237 g/mol. The van der Waals surface area contributed by atoms with Gasteiger partial charge in [0.2, 0.25) is 0 Å². The summed E-state index contributed by atoms with van der Waals surface area (Å²) in [6, 6.07) is 1.65. The van der Waals surface area contributed by atoms with Crippen LogP contribution in [-0.2, 0) is 7.05 Å². The Balaban J connectivity index is 2.91. The largest absolute Gasteiger partial charge is 0.319 e. The highest BCUT2D eigenvalue weighted by Gasteiger charge is 2.18. The molecule has 0 saturated heterocycles. The highest BCUT2D eigenvalue weighted by Crippen LogP contribution is 2.30. The topological polar surface area (TPSA) is 61.0 Å². The fourth-order valence-electron chi connectivity index (χ4n) is 1.61. The molecule has 82 valence electrons. The quantitative estimate of drug-likeness (QED) is 0.596. The van der Waals surface area contributed by atoms with Crippen LogP contribution in [0.4, 0.5) is 5.69 Å². The Kier molecular flexibility index (Phi) is 2.40. The van der Waals surface area contributed by atoms with Gasteiger partial charge in [-0.1, -0.05) is 24.3 Å². The van der Waals surface area contributed by atoms with Crippen LogP contribution in [0.5, 0.6) is 0 Å². The first-order chi connectivity index (χ1) is 7.56. The van der Waals surface area contributed by atoms with E-state index in [-0.39, 0.29) is 5.69 Å². The summed E-state index contributed by atoms with van der Waals surface area (Å²) in [5.74, 6) is 0. The molecule has 0 amide bonds. The number of pyridine rings is 1. The lowest BCUT2D eigenvalue weighted by Gasteiger charge is -2.00. The minimum atomic E-state index is -0.482. The maximum absolute atomic E-state index is 10.8. The Bertz CT molecular complexity index is 604. The van der Waals surface area contributed by atoms with E-state index in [1.54, 1.807) is 17.7 Å². The molecular weight excluding hydrogens is 230 g/mol. The van der Waals surface area contributed by atoms with E-state index in [9.17, 15) is 10.1 Å². The van der Waals surface area contributed by atoms with Crippen LogP contribution in [0.2, 0.25) is 5.15 Å². The Morgan fingerprint density at radius 2 is 2.38 bits per heavy atom. The van der Waals surface area contributed by atoms with Gasteiger partial charge in [-0.05, 0) is 6.07 Å². The van der Waals surface area contributed by atoms with E-state index in [0.29, 0.717) is 21.7 Å². The first kappa shape index (κ1) is 10.6. The Morgan fingerprint density at radius 1 is 1.69 bits per heavy atom. The van der Waals surface area contributed by atoms with Crippen molar-refractivity contribution in [1.82, 2.24) is 9.55 Å². The summed E-state index contributed by atoms with van der Waals surface area (Å²) in [4.78, 5) is 14.3. The molecule has 16 heavy (non-hydrogen) atoms. The van der Waals surface area contributed by atoms with Crippen LogP contribution in [0, 0.1) is 10.1 Å². The lowest BCUT2D eigenvalue weighted by molar-refractivity contribution is -0.385. The zero-order chi connectivity index (χ0) is 11.9. The summed E-state index contributed by atoms with van der Waals surface area (Å²) in [5, 5.41) is 11.9. The Hall–Kier alpha value is -1.88. The summed E-state index contributed by atoms with van der Waals surface area (Å²) in [7, 11) is 1.75. The predicted molar refractivity (Wildman–Crippen MR) is 62.5 cm³/mol. The minimum Gasteiger partial charge on any atom is -0.319 e. The smallest absolute Gasteiger partial charge is 0.295 e. The molecule has 2 aromatic heterocycles. The second-order valence-corrected chi connectivity index (χ2v) is 3.67. The molecule has 0 unspecified atom stereocenters. The molecule has 6 heteroatoms. The molecule has 2 aromatic rings. The van der Waals surface area contributed by atoms with Crippen molar-refractivity contribution in [3.63, 3.8) is 0 Å². The summed E-state index contributed by atoms with van der Waals surface area (Å²) in [6.07, 6.45) is 2.66. The van der Waals surface area contributed by atoms with Crippen molar-refractivity contribution in [1.29, 1.82) is 0 Å². The van der Waals surface area contributed by atoms with Crippen LogP contribution in [0.15, 0.2) is 18.8 Å². The van der Waals surface area contributed by atoms with Gasteiger partial charge in [-0.2, -0.15) is 0 Å². The first-order valence-electron chi connectivity index (χ1n) is 4.47. The van der Waals surface area contributed by atoms with Crippen LogP contribution < -0.4 is 0 Å². The first-order valence-corrected chi connectivity index (χ1v) is 4.84. The van der Waals surface area contributed by atoms with Crippen LogP contribution >= 0.6 is 11.6 Å². The standard InChI is InChI=1S/C10H8ClN3O2/c1-3-6-7-4-9(11)13(2)10(7)12-5-8(6)14(15)16/h3-5H,1H2,2H3. The lowest BCUT2D eigenvalue weighted by atomic mass is 10.1. The number of fused-ring (bicyclic) bond motifs is 1. The predicted octanol–water partition coefficient (Wildman–Crippen LogP) is 2.78. The fraction of sp³-hybridized carbons (Fsp3) is 0.100. The maximum atomic E-state index is 10.8. The Morgan fingerprint density at radius 3 is 2.94 bits per heavy atom. The molecule has 0 spiro atoms. The number of halogens is 1. The molecular formula is C10H8ClN3O2. The van der Waals surface area contributed by atoms with Crippen molar-refractivity contribution in [2.45, 2.75) is 0 Å². The third-order valence-electron chi connectivity index (χ3n) is 2.42. The highest BCUT2D eigenvalue weighted by molar-refractivity contribution is 6.31. The van der Waals surface area contributed by atoms with Gasteiger partial charge in [0.05, 0.1) is 10.5 Å². The van der Waals surface area contributed by atoms with Gasteiger partial charge >= 0.3 is 0 Å². The highest BCUT2D eigenvalue weighted by atomic mass is 35.5. The van der Waals surface area contributed by atoms with Crippen molar-refractivity contribution < 1.29 is 4.92 Å². The lowest BCUT2D eigenvalue weighted by Crippen LogP contribution is -1.95. The van der Waals surface area contributed by atoms with E-state index in [0.717, 1.165) is 0 Å². The number of nitro groups is 1. The van der Waals surface area contributed by atoms with Gasteiger partial charge in [0, 0.05) is 12.4 Å². The molecule has 0 radical (unpaired) electrons. The third-order valence-corrected chi connectivity index (χ3v) is 2.78. The van der Waals surface area contributed by atoms with Gasteiger partial charge in [-0.25, -0.2) is 4.98 Å². The molecule has 5 nitrogen and oxygen atoms in total. The van der Waals surface area contributed by atoms with E-state index >= 15 is 0 Å². The molecule has 0 N–H and O–H groups in total. The van der Waals surface area contributed by atoms with Gasteiger partial charge in [0.1, 0.15) is 17.0 Å². The van der Waals surface area contributed by atoms with Gasteiger partial charge < -0.3 is 4.57 Å². The van der Waals surface area contributed by atoms with E-state index in [2.05, 4.69) is 11.6 Å². The average molecular weight is 238 g/mol. The normalized spacial score (nSPS) is 10.6. The fourth-order valence-corrected chi connectivity index (χ4v) is 1.80. The van der Waals surface area contributed by atoms with E-state index in [4.69, 9.17) is 11.6 Å². The maximum Gasteiger partial charge on any atom is 0.295 e. The molecule has 0 fully saturated rings. The van der Waals surface area contributed by atoms with Crippen LogP contribution in [0.25, 0.3) is 17.1 Å². The molecule has 0 aliphatic heterocycles. The molecule has 0 saturated carbocycles. The summed E-state index contributed by atoms with van der Waals surface area (Å²) >= 11 is 5.93. The molecule has 0 aliphatic rings. The van der Waals surface area contributed by atoms with Gasteiger partial charge in [0.15, 0.2) is 0 Å². The summed E-state index contributed by atoms with van der Waals surface area (Å²) < 4.78 is 1.66. The zero-order valence-corrected chi connectivity index (χ0v) is 9.23. The zero-order valence-electron chi connectivity index (χ0n) is 8.48. The van der Waals surface area contributed by atoms with Gasteiger partial charge in [-0.3, -0.25) is 10.1 Å². The SMILES string of the molecule is C=Cc1c([N+](=O)[O-])cnc2c1cc(Cl)n2C. The number of nitrogens with zero attached hydrogens (tertiary/aromatic N) is 3. The van der Waals surface area contributed by atoms with Crippen molar-refractivity contribution in [2.75, 3.05) is 0 Å². The molecule has 0 aliphatic carbocycles. The van der Waals surface area contributed by atoms with Crippen LogP contribution in [-0.4, -0.2) is 14.5 Å². The number of hydrogen-bond donors (Lipinski definition) is 0. The van der Waals surface area contributed by atoms with Crippen LogP contribution in [0.1, 0.15) is 5.56 Å². The van der Waals surface area contributed by atoms with Crippen molar-refractivity contribution in [2.24, 2.45) is 7.05 Å². The number of rotatable bonds is 2. The van der Waals surface area contributed by atoms with E-state index in [1.807, 2.05) is 0 Å². The molecule has 0 aromatic carbocycles. The number of hydrogen-bond acceptors (Lipinski definition) is 3. The molecule has 0 atom stereocenters. The van der Waals surface area contributed by atoms with Crippen LogP contribution in [0.3, 0.4) is 0 Å².